The van der Waals surface area contributed by atoms with Crippen LogP contribution in [-0.4, -0.2) is 63.6 Å². The lowest BCUT2D eigenvalue weighted by atomic mass is 10.3. The van der Waals surface area contributed by atoms with E-state index in [-0.39, 0.29) is 17.7 Å². The number of amides is 3. The molecule has 0 fully saturated rings. The van der Waals surface area contributed by atoms with E-state index in [0.717, 1.165) is 19.0 Å². The van der Waals surface area contributed by atoms with Crippen molar-refractivity contribution in [3.63, 3.8) is 0 Å². The Morgan fingerprint density at radius 1 is 0.861 bits per heavy atom. The molecule has 0 aromatic carbocycles. The molecule has 13 heteroatoms. The van der Waals surface area contributed by atoms with Crippen LogP contribution < -0.4 is 32.3 Å². The highest BCUT2D eigenvalue weighted by atomic mass is 16.2. The zero-order valence-corrected chi connectivity index (χ0v) is 20.4. The monoisotopic (exact) mass is 494 g/mol. The SMILES string of the molecule is Cn1cc(NC(=O)c2cc(NC(=O)c3cc(N)cn3C)cn2C)cc1C(=O)NCCNC1=NCCN1. The Labute approximate surface area is 207 Å². The van der Waals surface area contributed by atoms with Gasteiger partial charge in [0.1, 0.15) is 17.1 Å². The summed E-state index contributed by atoms with van der Waals surface area (Å²) in [4.78, 5) is 42.2. The van der Waals surface area contributed by atoms with E-state index in [9.17, 15) is 14.4 Å². The molecule has 36 heavy (non-hydrogen) atoms. The molecule has 4 heterocycles. The number of hydrogen-bond donors (Lipinski definition) is 6. The van der Waals surface area contributed by atoms with Crippen molar-refractivity contribution in [2.75, 3.05) is 42.5 Å². The Morgan fingerprint density at radius 2 is 1.42 bits per heavy atom. The highest BCUT2D eigenvalue weighted by Crippen LogP contribution is 2.19. The summed E-state index contributed by atoms with van der Waals surface area (Å²) in [7, 11) is 5.16. The lowest BCUT2D eigenvalue weighted by Gasteiger charge is -2.08. The van der Waals surface area contributed by atoms with Crippen LogP contribution in [0.25, 0.3) is 0 Å². The number of nitrogens with one attached hydrogen (secondary N) is 5. The zero-order chi connectivity index (χ0) is 25.8. The summed E-state index contributed by atoms with van der Waals surface area (Å²) in [5.74, 6) is -0.242. The summed E-state index contributed by atoms with van der Waals surface area (Å²) >= 11 is 0. The van der Waals surface area contributed by atoms with E-state index in [4.69, 9.17) is 5.73 Å². The number of nitrogens with zero attached hydrogens (tertiary/aromatic N) is 4. The number of aryl methyl sites for hydroxylation is 3. The molecule has 1 aliphatic heterocycles. The molecular weight excluding hydrogens is 464 g/mol. The molecule has 0 saturated heterocycles. The summed E-state index contributed by atoms with van der Waals surface area (Å²) < 4.78 is 4.88. The number of aromatic nitrogens is 3. The van der Waals surface area contributed by atoms with Crippen LogP contribution in [0.3, 0.4) is 0 Å². The van der Waals surface area contributed by atoms with E-state index in [1.54, 1.807) is 71.6 Å². The van der Waals surface area contributed by atoms with Gasteiger partial charge in [0.25, 0.3) is 17.7 Å². The van der Waals surface area contributed by atoms with Crippen LogP contribution in [0.15, 0.2) is 41.8 Å². The van der Waals surface area contributed by atoms with Crippen LogP contribution in [0.1, 0.15) is 31.5 Å². The number of nitrogen functional groups attached to an aromatic ring is 1. The predicted octanol–water partition coefficient (Wildman–Crippen LogP) is 0.0675. The highest BCUT2D eigenvalue weighted by molar-refractivity contribution is 6.07. The number of guanidine groups is 1. The molecule has 4 rings (SSSR count). The lowest BCUT2D eigenvalue weighted by molar-refractivity contribution is 0.0944. The van der Waals surface area contributed by atoms with Crippen LogP contribution in [0.5, 0.6) is 0 Å². The van der Waals surface area contributed by atoms with E-state index >= 15 is 0 Å². The van der Waals surface area contributed by atoms with Crippen molar-refractivity contribution in [2.45, 2.75) is 0 Å². The molecule has 0 bridgehead atoms. The predicted molar refractivity (Wildman–Crippen MR) is 137 cm³/mol. The van der Waals surface area contributed by atoms with E-state index in [1.165, 1.54) is 0 Å². The first-order valence-electron chi connectivity index (χ1n) is 11.4. The largest absolute Gasteiger partial charge is 0.397 e. The van der Waals surface area contributed by atoms with Crippen molar-refractivity contribution in [1.29, 1.82) is 0 Å². The van der Waals surface area contributed by atoms with Gasteiger partial charge in [-0.15, -0.1) is 0 Å². The molecule has 190 valence electrons. The minimum Gasteiger partial charge on any atom is -0.397 e. The van der Waals surface area contributed by atoms with Crippen molar-refractivity contribution in [1.82, 2.24) is 29.7 Å². The van der Waals surface area contributed by atoms with E-state index in [0.29, 0.717) is 47.2 Å². The van der Waals surface area contributed by atoms with Crippen molar-refractivity contribution in [3.8, 4) is 0 Å². The average molecular weight is 495 g/mol. The van der Waals surface area contributed by atoms with Gasteiger partial charge in [-0.25, -0.2) is 0 Å². The molecule has 0 aliphatic carbocycles. The molecule has 3 amide bonds. The van der Waals surface area contributed by atoms with E-state index in [2.05, 4.69) is 31.6 Å². The zero-order valence-electron chi connectivity index (χ0n) is 20.4. The van der Waals surface area contributed by atoms with Crippen LogP contribution in [-0.2, 0) is 21.1 Å². The third-order valence-corrected chi connectivity index (χ3v) is 5.63. The van der Waals surface area contributed by atoms with Gasteiger partial charge in [0.05, 0.1) is 23.6 Å². The molecular formula is C23H30N10O3. The number of anilines is 3. The van der Waals surface area contributed by atoms with E-state index in [1.807, 2.05) is 0 Å². The average Bonchev–Trinajstić information content (AvgIpc) is 3.60. The van der Waals surface area contributed by atoms with Gasteiger partial charge in [0, 0.05) is 59.4 Å². The van der Waals surface area contributed by atoms with Crippen LogP contribution in [0, 0.1) is 0 Å². The van der Waals surface area contributed by atoms with Crippen molar-refractivity contribution >= 4 is 40.7 Å². The second-order valence-electron chi connectivity index (χ2n) is 8.47. The van der Waals surface area contributed by atoms with Crippen LogP contribution in [0.2, 0.25) is 0 Å². The van der Waals surface area contributed by atoms with Gasteiger partial charge < -0.3 is 46.0 Å². The lowest BCUT2D eigenvalue weighted by Crippen LogP contribution is -2.39. The fraction of sp³-hybridized carbons (Fsp3) is 0.304. The van der Waals surface area contributed by atoms with E-state index < -0.39 is 0 Å². The maximum atomic E-state index is 12.9. The second kappa shape index (κ2) is 10.3. The first-order chi connectivity index (χ1) is 17.2. The maximum absolute atomic E-state index is 12.9. The topological polar surface area (TPSA) is 165 Å². The number of rotatable bonds is 8. The van der Waals surface area contributed by atoms with Gasteiger partial charge in [-0.2, -0.15) is 0 Å². The molecule has 3 aromatic heterocycles. The number of nitrogens with two attached hydrogens (primary N) is 1. The summed E-state index contributed by atoms with van der Waals surface area (Å²) in [5.41, 5.74) is 8.31. The molecule has 0 atom stereocenters. The molecule has 0 unspecified atom stereocenters. The Balaban J connectivity index is 1.34. The standard InChI is InChI=1S/C23H30N10O3/c1-31-11-14(24)8-17(31)21(35)29-16-10-19(33(3)13-16)22(36)30-15-9-18(32(2)12-15)20(34)25-4-5-26-23-27-6-7-28-23/h8-13H,4-7,24H2,1-3H3,(H,25,34)(H,29,35)(H,30,36)(H2,26,27,28). The first-order valence-corrected chi connectivity index (χ1v) is 11.4. The van der Waals surface area contributed by atoms with Gasteiger partial charge in [-0.3, -0.25) is 19.4 Å². The normalized spacial score (nSPS) is 12.6. The molecule has 1 aliphatic rings. The molecule has 7 N–H and O–H groups in total. The molecule has 3 aromatic rings. The number of aliphatic imine (C=N–C) groups is 1. The van der Waals surface area contributed by atoms with Crippen molar-refractivity contribution in [3.05, 3.63) is 53.9 Å². The Morgan fingerprint density at radius 3 is 1.94 bits per heavy atom. The Kier molecular flexibility index (Phi) is 6.99. The minimum atomic E-state index is -0.382. The third kappa shape index (κ3) is 5.51. The molecule has 0 radical (unpaired) electrons. The van der Waals surface area contributed by atoms with Gasteiger partial charge in [0.2, 0.25) is 0 Å². The molecule has 13 nitrogen and oxygen atoms in total. The van der Waals surface area contributed by atoms with Gasteiger partial charge in [0.15, 0.2) is 5.96 Å². The Bertz CT molecular complexity index is 1330. The summed E-state index contributed by atoms with van der Waals surface area (Å²) in [6.45, 7) is 2.51. The summed E-state index contributed by atoms with van der Waals surface area (Å²) in [6.07, 6.45) is 4.95. The summed E-state index contributed by atoms with van der Waals surface area (Å²) in [5, 5.41) is 14.6. The third-order valence-electron chi connectivity index (χ3n) is 5.63. The Hall–Kier alpha value is -4.68. The molecule has 0 spiro atoms. The quantitative estimate of drug-likeness (QED) is 0.243. The highest BCUT2D eigenvalue weighted by Gasteiger charge is 2.18. The minimum absolute atomic E-state index is 0.258. The number of carbonyl (C=O) groups is 3. The smallest absolute Gasteiger partial charge is 0.272 e. The van der Waals surface area contributed by atoms with Crippen molar-refractivity contribution < 1.29 is 14.4 Å². The van der Waals surface area contributed by atoms with Crippen molar-refractivity contribution in [2.24, 2.45) is 26.1 Å². The van der Waals surface area contributed by atoms with Gasteiger partial charge in [-0.1, -0.05) is 0 Å². The fourth-order valence-electron chi connectivity index (χ4n) is 3.89. The van der Waals surface area contributed by atoms with Gasteiger partial charge >= 0.3 is 0 Å². The van der Waals surface area contributed by atoms with Crippen LogP contribution in [0.4, 0.5) is 17.1 Å². The van der Waals surface area contributed by atoms with Crippen LogP contribution >= 0.6 is 0 Å². The number of carbonyl (C=O) groups excluding carboxylic acids is 3. The second-order valence-corrected chi connectivity index (χ2v) is 8.47. The fourth-order valence-corrected chi connectivity index (χ4v) is 3.89. The summed E-state index contributed by atoms with van der Waals surface area (Å²) in [6, 6.07) is 4.76. The van der Waals surface area contributed by atoms with Gasteiger partial charge in [-0.05, 0) is 18.2 Å². The maximum Gasteiger partial charge on any atom is 0.272 e. The first kappa shape index (κ1) is 24.4. The molecule has 0 saturated carbocycles. The number of hydrogen-bond acceptors (Lipinski definition) is 7.